The minimum atomic E-state index is -0.421. The Hall–Kier alpha value is -1.12. The van der Waals surface area contributed by atoms with Crippen molar-refractivity contribution in [2.75, 3.05) is 26.2 Å². The highest BCUT2D eigenvalue weighted by molar-refractivity contribution is 5.81. The number of rotatable bonds is 4. The quantitative estimate of drug-likeness (QED) is 0.818. The molecule has 1 unspecified atom stereocenters. The molecule has 19 heavy (non-hydrogen) atoms. The number of nitrogens with zero attached hydrogens (tertiary/aromatic N) is 3. The van der Waals surface area contributed by atoms with Gasteiger partial charge in [-0.25, -0.2) is 0 Å². The lowest BCUT2D eigenvalue weighted by Crippen LogP contribution is -2.58. The molecule has 1 rings (SSSR count). The molecule has 108 valence electrons. The summed E-state index contributed by atoms with van der Waals surface area (Å²) in [5.74, 6) is 0.0861. The first-order chi connectivity index (χ1) is 8.77. The summed E-state index contributed by atoms with van der Waals surface area (Å²) in [4.78, 5) is 16.3. The first-order valence-corrected chi connectivity index (χ1v) is 6.98. The third-order valence-electron chi connectivity index (χ3n) is 3.74. The highest BCUT2D eigenvalue weighted by atomic mass is 16.2. The topological polar surface area (TPSA) is 59.4 Å². The van der Waals surface area contributed by atoms with E-state index in [0.717, 1.165) is 26.2 Å². The number of piperazine rings is 1. The molecular weight excluding hydrogens is 240 g/mol. The van der Waals surface area contributed by atoms with Gasteiger partial charge in [-0.05, 0) is 34.6 Å². The highest BCUT2D eigenvalue weighted by Crippen LogP contribution is 2.17. The van der Waals surface area contributed by atoms with E-state index in [-0.39, 0.29) is 18.0 Å². The monoisotopic (exact) mass is 266 g/mol. The van der Waals surface area contributed by atoms with Gasteiger partial charge in [-0.3, -0.25) is 14.6 Å². The maximum absolute atomic E-state index is 12.0. The highest BCUT2D eigenvalue weighted by Gasteiger charge is 2.32. The van der Waals surface area contributed by atoms with E-state index in [0.29, 0.717) is 0 Å². The molecule has 1 saturated heterocycles. The van der Waals surface area contributed by atoms with Gasteiger partial charge in [-0.1, -0.05) is 0 Å². The Morgan fingerprint density at radius 1 is 1.21 bits per heavy atom. The lowest BCUT2D eigenvalue weighted by Gasteiger charge is -2.42. The molecular formula is C14H26N4O. The third-order valence-corrected chi connectivity index (χ3v) is 3.74. The molecule has 1 N–H and O–H groups in total. The van der Waals surface area contributed by atoms with Crippen molar-refractivity contribution in [2.45, 2.75) is 52.2 Å². The minimum absolute atomic E-state index is 0.0861. The van der Waals surface area contributed by atoms with Crippen LogP contribution in [0.2, 0.25) is 0 Å². The third kappa shape index (κ3) is 4.19. The fraction of sp³-hybridized carbons (Fsp3) is 0.857. The predicted octanol–water partition coefficient (Wildman–Crippen LogP) is 0.819. The zero-order valence-electron chi connectivity index (χ0n) is 12.7. The smallest absolute Gasteiger partial charge is 0.237 e. The maximum Gasteiger partial charge on any atom is 0.237 e. The van der Waals surface area contributed by atoms with Crippen molar-refractivity contribution >= 4 is 5.91 Å². The number of carbonyl (C=O) groups is 1. The van der Waals surface area contributed by atoms with Gasteiger partial charge in [0.15, 0.2) is 0 Å². The Morgan fingerprint density at radius 2 is 1.74 bits per heavy atom. The van der Waals surface area contributed by atoms with Crippen molar-refractivity contribution in [3.63, 3.8) is 0 Å². The van der Waals surface area contributed by atoms with Crippen LogP contribution in [0.4, 0.5) is 0 Å². The maximum atomic E-state index is 12.0. The Kier molecular flexibility index (Phi) is 5.33. The normalized spacial score (nSPS) is 20.1. The van der Waals surface area contributed by atoms with Crippen molar-refractivity contribution in [3.8, 4) is 6.07 Å². The van der Waals surface area contributed by atoms with Crippen LogP contribution in [0, 0.1) is 11.3 Å². The summed E-state index contributed by atoms with van der Waals surface area (Å²) in [6.45, 7) is 13.1. The van der Waals surface area contributed by atoms with Crippen molar-refractivity contribution in [3.05, 3.63) is 0 Å². The predicted molar refractivity (Wildman–Crippen MR) is 75.6 cm³/mol. The molecule has 1 heterocycles. The Labute approximate surface area is 116 Å². The van der Waals surface area contributed by atoms with E-state index in [1.807, 2.05) is 34.6 Å². The van der Waals surface area contributed by atoms with Crippen LogP contribution in [0.5, 0.6) is 0 Å². The number of hydrogen-bond donors (Lipinski definition) is 1. The second-order valence-electron chi connectivity index (χ2n) is 6.03. The second kappa shape index (κ2) is 6.36. The standard InChI is InChI=1S/C14H26N4O/c1-11(2)16-13(19)12(3)17-6-8-18(9-7-17)14(4,5)10-15/h11-12H,6-9H2,1-5H3,(H,16,19). The Morgan fingerprint density at radius 3 is 2.16 bits per heavy atom. The Bertz CT molecular complexity index is 351. The van der Waals surface area contributed by atoms with E-state index in [4.69, 9.17) is 5.26 Å². The van der Waals surface area contributed by atoms with Gasteiger partial charge in [-0.2, -0.15) is 5.26 Å². The molecule has 0 saturated carbocycles. The minimum Gasteiger partial charge on any atom is -0.353 e. The van der Waals surface area contributed by atoms with Crippen LogP contribution in [0.15, 0.2) is 0 Å². The zero-order chi connectivity index (χ0) is 14.6. The van der Waals surface area contributed by atoms with Gasteiger partial charge < -0.3 is 5.32 Å². The SMILES string of the molecule is CC(C)NC(=O)C(C)N1CCN(C(C)(C)C#N)CC1. The van der Waals surface area contributed by atoms with Gasteiger partial charge in [-0.15, -0.1) is 0 Å². The van der Waals surface area contributed by atoms with Gasteiger partial charge in [0.1, 0.15) is 5.54 Å². The van der Waals surface area contributed by atoms with E-state index in [9.17, 15) is 4.79 Å². The van der Waals surface area contributed by atoms with E-state index < -0.39 is 5.54 Å². The van der Waals surface area contributed by atoms with E-state index >= 15 is 0 Å². The van der Waals surface area contributed by atoms with Crippen LogP contribution in [0.3, 0.4) is 0 Å². The fourth-order valence-electron chi connectivity index (χ4n) is 2.31. The summed E-state index contributed by atoms with van der Waals surface area (Å²) in [7, 11) is 0. The molecule has 5 nitrogen and oxygen atoms in total. The summed E-state index contributed by atoms with van der Waals surface area (Å²) < 4.78 is 0. The average Bonchev–Trinajstić information content (AvgIpc) is 2.37. The van der Waals surface area contributed by atoms with E-state index in [1.165, 1.54) is 0 Å². The van der Waals surface area contributed by atoms with Crippen LogP contribution in [0.25, 0.3) is 0 Å². The van der Waals surface area contributed by atoms with Gasteiger partial charge in [0.25, 0.3) is 0 Å². The first-order valence-electron chi connectivity index (χ1n) is 6.98. The summed E-state index contributed by atoms with van der Waals surface area (Å²) in [5.41, 5.74) is -0.421. The molecule has 1 aliphatic rings. The number of nitrogens with one attached hydrogen (secondary N) is 1. The van der Waals surface area contributed by atoms with Gasteiger partial charge in [0.2, 0.25) is 5.91 Å². The molecule has 0 radical (unpaired) electrons. The summed E-state index contributed by atoms with van der Waals surface area (Å²) in [5, 5.41) is 12.1. The van der Waals surface area contributed by atoms with E-state index in [1.54, 1.807) is 0 Å². The lowest BCUT2D eigenvalue weighted by atomic mass is 10.0. The number of nitriles is 1. The van der Waals surface area contributed by atoms with Crippen LogP contribution in [-0.4, -0.2) is 59.5 Å². The zero-order valence-corrected chi connectivity index (χ0v) is 12.7. The number of amides is 1. The van der Waals surface area contributed by atoms with E-state index in [2.05, 4.69) is 21.2 Å². The largest absolute Gasteiger partial charge is 0.353 e. The average molecular weight is 266 g/mol. The summed E-state index contributed by atoms with van der Waals surface area (Å²) in [6, 6.07) is 2.40. The molecule has 0 bridgehead atoms. The second-order valence-corrected chi connectivity index (χ2v) is 6.03. The summed E-state index contributed by atoms with van der Waals surface area (Å²) in [6.07, 6.45) is 0. The molecule has 1 fully saturated rings. The molecule has 0 aromatic carbocycles. The first kappa shape index (κ1) is 15.9. The van der Waals surface area contributed by atoms with Crippen LogP contribution >= 0.6 is 0 Å². The molecule has 1 aliphatic heterocycles. The van der Waals surface area contributed by atoms with Crippen molar-refractivity contribution < 1.29 is 4.79 Å². The molecule has 0 aromatic heterocycles. The molecule has 0 aliphatic carbocycles. The molecule has 5 heteroatoms. The van der Waals surface area contributed by atoms with Crippen molar-refractivity contribution in [1.82, 2.24) is 15.1 Å². The van der Waals surface area contributed by atoms with Crippen LogP contribution < -0.4 is 5.32 Å². The van der Waals surface area contributed by atoms with Crippen molar-refractivity contribution in [1.29, 1.82) is 5.26 Å². The summed E-state index contributed by atoms with van der Waals surface area (Å²) >= 11 is 0. The Balaban J connectivity index is 2.50. The molecule has 0 aromatic rings. The van der Waals surface area contributed by atoms with Gasteiger partial charge in [0, 0.05) is 32.2 Å². The van der Waals surface area contributed by atoms with Gasteiger partial charge >= 0.3 is 0 Å². The molecule has 1 atom stereocenters. The fourth-order valence-corrected chi connectivity index (χ4v) is 2.31. The number of carbonyl (C=O) groups excluding carboxylic acids is 1. The molecule has 0 spiro atoms. The van der Waals surface area contributed by atoms with Crippen LogP contribution in [-0.2, 0) is 4.79 Å². The lowest BCUT2D eigenvalue weighted by molar-refractivity contribution is -0.127. The molecule has 1 amide bonds. The number of hydrogen-bond acceptors (Lipinski definition) is 4. The van der Waals surface area contributed by atoms with Crippen molar-refractivity contribution in [2.24, 2.45) is 0 Å². The van der Waals surface area contributed by atoms with Crippen LogP contribution in [0.1, 0.15) is 34.6 Å². The van der Waals surface area contributed by atoms with Gasteiger partial charge in [0.05, 0.1) is 12.1 Å².